The summed E-state index contributed by atoms with van der Waals surface area (Å²) in [5.74, 6) is -0.139. The van der Waals surface area contributed by atoms with Crippen molar-refractivity contribution in [3.8, 4) is 0 Å². The van der Waals surface area contributed by atoms with Crippen LogP contribution in [-0.4, -0.2) is 50.7 Å². The van der Waals surface area contributed by atoms with Gasteiger partial charge in [0.05, 0.1) is 4.90 Å². The van der Waals surface area contributed by atoms with Gasteiger partial charge in [-0.1, -0.05) is 30.3 Å². The molecule has 1 amide bonds. The van der Waals surface area contributed by atoms with Crippen molar-refractivity contribution in [3.63, 3.8) is 0 Å². The second kappa shape index (κ2) is 8.65. The van der Waals surface area contributed by atoms with Gasteiger partial charge < -0.3 is 5.32 Å². The van der Waals surface area contributed by atoms with E-state index in [2.05, 4.69) is 10.2 Å². The molecule has 0 aliphatic carbocycles. The largest absolute Gasteiger partial charge is 0.324 e. The van der Waals surface area contributed by atoms with E-state index in [1.54, 1.807) is 12.1 Å². The molecule has 29 heavy (non-hydrogen) atoms. The predicted molar refractivity (Wildman–Crippen MR) is 115 cm³/mol. The summed E-state index contributed by atoms with van der Waals surface area (Å²) in [5.41, 5.74) is 3.17. The van der Waals surface area contributed by atoms with Gasteiger partial charge in [0, 0.05) is 19.8 Å². The molecule has 1 unspecified atom stereocenters. The van der Waals surface area contributed by atoms with Crippen LogP contribution in [0.1, 0.15) is 35.6 Å². The normalized spacial score (nSPS) is 16.2. The summed E-state index contributed by atoms with van der Waals surface area (Å²) >= 11 is 0. The van der Waals surface area contributed by atoms with E-state index in [0.717, 1.165) is 42.6 Å². The molecule has 7 heteroatoms. The van der Waals surface area contributed by atoms with E-state index in [1.165, 1.54) is 18.4 Å². The summed E-state index contributed by atoms with van der Waals surface area (Å²) in [6.45, 7) is 5.50. The lowest BCUT2D eigenvalue weighted by molar-refractivity contribution is -0.121. The van der Waals surface area contributed by atoms with Gasteiger partial charge in [-0.2, -0.15) is 0 Å². The van der Waals surface area contributed by atoms with Crippen LogP contribution >= 0.6 is 0 Å². The zero-order valence-electron chi connectivity index (χ0n) is 17.5. The van der Waals surface area contributed by atoms with E-state index < -0.39 is 16.1 Å². The standard InChI is InChI=1S/C22H29N3O3S/c1-16-14-19(29(27,28)24(3)4)15-20(17(16)2)23-22(26)21(25-12-8-9-13-25)18-10-6-5-7-11-18/h5-7,10-11,14-15,21H,8-9,12-13H2,1-4H3,(H,23,26). The second-order valence-corrected chi connectivity index (χ2v) is 9.90. The molecule has 1 atom stereocenters. The number of hydrogen-bond donors (Lipinski definition) is 1. The van der Waals surface area contributed by atoms with E-state index in [-0.39, 0.29) is 10.8 Å². The van der Waals surface area contributed by atoms with Gasteiger partial charge in [0.1, 0.15) is 6.04 Å². The minimum absolute atomic E-state index is 0.139. The van der Waals surface area contributed by atoms with Crippen molar-refractivity contribution >= 4 is 21.6 Å². The predicted octanol–water partition coefficient (Wildman–Crippen LogP) is 3.33. The van der Waals surface area contributed by atoms with Gasteiger partial charge in [0.15, 0.2) is 0 Å². The van der Waals surface area contributed by atoms with Crippen LogP contribution < -0.4 is 5.32 Å². The Morgan fingerprint density at radius 3 is 2.28 bits per heavy atom. The molecule has 1 heterocycles. The van der Waals surface area contributed by atoms with Crippen molar-refractivity contribution in [2.75, 3.05) is 32.5 Å². The van der Waals surface area contributed by atoms with E-state index in [4.69, 9.17) is 0 Å². The molecule has 1 saturated heterocycles. The monoisotopic (exact) mass is 415 g/mol. The lowest BCUT2D eigenvalue weighted by Gasteiger charge is -2.27. The van der Waals surface area contributed by atoms with Gasteiger partial charge in [-0.25, -0.2) is 12.7 Å². The van der Waals surface area contributed by atoms with E-state index >= 15 is 0 Å². The first-order valence-electron chi connectivity index (χ1n) is 9.85. The van der Waals surface area contributed by atoms with Gasteiger partial charge in [0.25, 0.3) is 0 Å². The summed E-state index contributed by atoms with van der Waals surface area (Å²) in [6, 6.07) is 12.5. The zero-order chi connectivity index (χ0) is 21.2. The van der Waals surface area contributed by atoms with Crippen LogP contribution in [0.15, 0.2) is 47.4 Å². The number of nitrogens with one attached hydrogen (secondary N) is 1. The minimum Gasteiger partial charge on any atom is -0.324 e. The van der Waals surface area contributed by atoms with Gasteiger partial charge in [0.2, 0.25) is 15.9 Å². The van der Waals surface area contributed by atoms with Crippen molar-refractivity contribution in [2.24, 2.45) is 0 Å². The van der Waals surface area contributed by atoms with Crippen molar-refractivity contribution in [2.45, 2.75) is 37.6 Å². The summed E-state index contributed by atoms with van der Waals surface area (Å²) in [6.07, 6.45) is 2.15. The molecule has 1 aliphatic rings. The number of likely N-dealkylation sites (tertiary alicyclic amines) is 1. The highest BCUT2D eigenvalue weighted by Crippen LogP contribution is 2.30. The summed E-state index contributed by atoms with van der Waals surface area (Å²) in [7, 11) is -0.588. The van der Waals surface area contributed by atoms with E-state index in [0.29, 0.717) is 5.69 Å². The third kappa shape index (κ3) is 4.52. The molecular weight excluding hydrogens is 386 g/mol. The van der Waals surface area contributed by atoms with Gasteiger partial charge in [-0.3, -0.25) is 9.69 Å². The number of anilines is 1. The third-order valence-electron chi connectivity index (χ3n) is 5.55. The van der Waals surface area contributed by atoms with Crippen molar-refractivity contribution < 1.29 is 13.2 Å². The van der Waals surface area contributed by atoms with E-state index in [9.17, 15) is 13.2 Å². The molecule has 2 aromatic carbocycles. The number of benzene rings is 2. The smallest absolute Gasteiger partial charge is 0.246 e. The quantitative estimate of drug-likeness (QED) is 0.786. The highest BCUT2D eigenvalue weighted by Gasteiger charge is 2.30. The maximum atomic E-state index is 13.3. The Labute approximate surface area is 173 Å². The second-order valence-electron chi connectivity index (χ2n) is 7.75. The molecule has 0 radical (unpaired) electrons. The molecule has 0 spiro atoms. The molecule has 156 valence electrons. The van der Waals surface area contributed by atoms with Crippen LogP contribution in [0.25, 0.3) is 0 Å². The molecule has 0 aromatic heterocycles. The number of carbonyl (C=O) groups excluding carboxylic acids is 1. The number of carbonyl (C=O) groups is 1. The first kappa shape index (κ1) is 21.5. The lowest BCUT2D eigenvalue weighted by atomic mass is 10.0. The maximum absolute atomic E-state index is 13.3. The lowest BCUT2D eigenvalue weighted by Crippen LogP contribution is -2.35. The first-order valence-corrected chi connectivity index (χ1v) is 11.3. The number of rotatable bonds is 6. The molecule has 6 nitrogen and oxygen atoms in total. The van der Waals surface area contributed by atoms with Crippen LogP contribution in [0, 0.1) is 13.8 Å². The summed E-state index contributed by atoms with van der Waals surface area (Å²) < 4.78 is 26.4. The van der Waals surface area contributed by atoms with Crippen molar-refractivity contribution in [1.82, 2.24) is 9.21 Å². The Hall–Kier alpha value is -2.22. The fraction of sp³-hybridized carbons (Fsp3) is 0.409. The van der Waals surface area contributed by atoms with Crippen LogP contribution in [0.2, 0.25) is 0 Å². The Bertz CT molecular complexity index is 982. The Kier molecular flexibility index (Phi) is 6.41. The van der Waals surface area contributed by atoms with Gasteiger partial charge >= 0.3 is 0 Å². The molecule has 0 bridgehead atoms. The molecular formula is C22H29N3O3S. The SMILES string of the molecule is Cc1cc(S(=O)(=O)N(C)C)cc(NC(=O)C(c2ccccc2)N2CCCC2)c1C. The fourth-order valence-electron chi connectivity index (χ4n) is 3.68. The Balaban J connectivity index is 1.97. The molecule has 2 aromatic rings. The fourth-order valence-corrected chi connectivity index (χ4v) is 4.69. The number of sulfonamides is 1. The molecule has 0 saturated carbocycles. The van der Waals surface area contributed by atoms with Crippen molar-refractivity contribution in [1.29, 1.82) is 0 Å². The number of amides is 1. The van der Waals surface area contributed by atoms with Crippen LogP contribution in [0.4, 0.5) is 5.69 Å². The molecule has 3 rings (SSSR count). The topological polar surface area (TPSA) is 69.7 Å². The van der Waals surface area contributed by atoms with Gasteiger partial charge in [-0.15, -0.1) is 0 Å². The first-order chi connectivity index (χ1) is 13.7. The zero-order valence-corrected chi connectivity index (χ0v) is 18.3. The molecule has 1 aliphatic heterocycles. The summed E-state index contributed by atoms with van der Waals surface area (Å²) in [4.78, 5) is 15.7. The number of hydrogen-bond acceptors (Lipinski definition) is 4. The van der Waals surface area contributed by atoms with E-state index in [1.807, 2.05) is 44.2 Å². The van der Waals surface area contributed by atoms with Gasteiger partial charge in [-0.05, 0) is 68.6 Å². The molecule has 1 N–H and O–H groups in total. The average molecular weight is 416 g/mol. The highest BCUT2D eigenvalue weighted by atomic mass is 32.2. The highest BCUT2D eigenvalue weighted by molar-refractivity contribution is 7.89. The van der Waals surface area contributed by atoms with Crippen molar-refractivity contribution in [3.05, 3.63) is 59.2 Å². The number of aryl methyl sites for hydroxylation is 1. The van der Waals surface area contributed by atoms with Crippen LogP contribution in [-0.2, 0) is 14.8 Å². The minimum atomic E-state index is -3.59. The van der Waals surface area contributed by atoms with Crippen LogP contribution in [0.3, 0.4) is 0 Å². The van der Waals surface area contributed by atoms with Crippen LogP contribution in [0.5, 0.6) is 0 Å². The Morgan fingerprint density at radius 1 is 1.07 bits per heavy atom. The summed E-state index contributed by atoms with van der Waals surface area (Å²) in [5, 5.41) is 3.01. The number of nitrogens with zero attached hydrogens (tertiary/aromatic N) is 2. The molecule has 1 fully saturated rings. The third-order valence-corrected chi connectivity index (χ3v) is 7.34. The maximum Gasteiger partial charge on any atom is 0.246 e. The Morgan fingerprint density at radius 2 is 1.69 bits per heavy atom. The average Bonchev–Trinajstić information content (AvgIpc) is 3.20.